The Kier molecular flexibility index (Phi) is 2.75. The summed E-state index contributed by atoms with van der Waals surface area (Å²) in [7, 11) is 0. The summed E-state index contributed by atoms with van der Waals surface area (Å²) in [4.78, 5) is 10.9. The quantitative estimate of drug-likeness (QED) is 0.807. The van der Waals surface area contributed by atoms with E-state index < -0.39 is 5.97 Å². The van der Waals surface area contributed by atoms with Gasteiger partial charge in [0.25, 0.3) is 0 Å². The predicted octanol–water partition coefficient (Wildman–Crippen LogP) is 2.49. The Morgan fingerprint density at radius 3 is 2.88 bits per heavy atom. The van der Waals surface area contributed by atoms with Crippen LogP contribution in [0.4, 0.5) is 5.69 Å². The summed E-state index contributed by atoms with van der Waals surface area (Å²) in [6.45, 7) is 0. The van der Waals surface area contributed by atoms with Crippen LogP contribution in [-0.4, -0.2) is 17.0 Å². The molecule has 0 radical (unpaired) electrons. The zero-order valence-electron chi connectivity index (χ0n) is 8.37. The lowest BCUT2D eigenvalue weighted by Crippen LogP contribution is -1.99. The van der Waals surface area contributed by atoms with Gasteiger partial charge >= 0.3 is 5.97 Å². The Bertz CT molecular complexity index is 547. The van der Waals surface area contributed by atoms with E-state index in [1.807, 2.05) is 6.07 Å². The van der Waals surface area contributed by atoms with Gasteiger partial charge in [-0.15, -0.1) is 11.6 Å². The maximum Gasteiger partial charge on any atom is 0.374 e. The molecule has 3 N–H and O–H groups in total. The third kappa shape index (κ3) is 1.61. The van der Waals surface area contributed by atoms with Gasteiger partial charge in [0.2, 0.25) is 5.76 Å². The Morgan fingerprint density at radius 1 is 1.50 bits per heavy atom. The number of furan rings is 1. The van der Waals surface area contributed by atoms with Gasteiger partial charge in [0.15, 0.2) is 0 Å². The van der Waals surface area contributed by atoms with Crippen molar-refractivity contribution in [1.29, 1.82) is 0 Å². The molecule has 4 nitrogen and oxygen atoms in total. The molecule has 2 rings (SSSR count). The van der Waals surface area contributed by atoms with Gasteiger partial charge in [0, 0.05) is 11.3 Å². The van der Waals surface area contributed by atoms with Crippen molar-refractivity contribution in [2.45, 2.75) is 6.42 Å². The largest absolute Gasteiger partial charge is 0.475 e. The summed E-state index contributed by atoms with van der Waals surface area (Å²) in [6, 6.07) is 5.34. The van der Waals surface area contributed by atoms with Crippen LogP contribution >= 0.6 is 11.6 Å². The van der Waals surface area contributed by atoms with E-state index in [0.29, 0.717) is 23.3 Å². The Balaban J connectivity index is 2.71. The number of hydrogen-bond donors (Lipinski definition) is 2. The molecule has 1 heterocycles. The number of benzene rings is 1. The van der Waals surface area contributed by atoms with E-state index in [1.54, 1.807) is 12.1 Å². The molecule has 2 aromatic rings. The molecule has 0 saturated heterocycles. The number of carboxylic acids is 1. The highest BCUT2D eigenvalue weighted by Crippen LogP contribution is 2.31. The smallest absolute Gasteiger partial charge is 0.374 e. The summed E-state index contributed by atoms with van der Waals surface area (Å²) in [6.07, 6.45) is 0.627. The second kappa shape index (κ2) is 4.06. The Hall–Kier alpha value is -1.68. The van der Waals surface area contributed by atoms with E-state index in [1.165, 1.54) is 0 Å². The van der Waals surface area contributed by atoms with E-state index >= 15 is 0 Å². The lowest BCUT2D eigenvalue weighted by atomic mass is 10.1. The minimum Gasteiger partial charge on any atom is -0.475 e. The number of rotatable bonds is 3. The predicted molar refractivity (Wildman–Crippen MR) is 62.0 cm³/mol. The summed E-state index contributed by atoms with van der Waals surface area (Å²) in [5.41, 5.74) is 7.31. The van der Waals surface area contributed by atoms with Crippen molar-refractivity contribution in [1.82, 2.24) is 0 Å². The highest BCUT2D eigenvalue weighted by molar-refractivity contribution is 6.18. The van der Waals surface area contributed by atoms with Crippen LogP contribution in [0.5, 0.6) is 0 Å². The van der Waals surface area contributed by atoms with Crippen molar-refractivity contribution >= 4 is 34.2 Å². The molecule has 84 valence electrons. The highest BCUT2D eigenvalue weighted by Gasteiger charge is 2.19. The van der Waals surface area contributed by atoms with Crippen molar-refractivity contribution in [2.24, 2.45) is 0 Å². The average molecular weight is 240 g/mol. The molecule has 0 amide bonds. The lowest BCUT2D eigenvalue weighted by molar-refractivity contribution is 0.0666. The number of alkyl halides is 1. The topological polar surface area (TPSA) is 76.5 Å². The molecule has 0 aliphatic heterocycles. The number of halogens is 1. The minimum atomic E-state index is -1.16. The van der Waals surface area contributed by atoms with Gasteiger partial charge in [-0.2, -0.15) is 0 Å². The van der Waals surface area contributed by atoms with E-state index in [-0.39, 0.29) is 11.4 Å². The first-order chi connectivity index (χ1) is 7.65. The fourth-order valence-corrected chi connectivity index (χ4v) is 1.92. The van der Waals surface area contributed by atoms with Crippen molar-refractivity contribution in [3.63, 3.8) is 0 Å². The first-order valence-electron chi connectivity index (χ1n) is 4.74. The van der Waals surface area contributed by atoms with Crippen LogP contribution in [-0.2, 0) is 6.42 Å². The number of nitrogens with two attached hydrogens (primary N) is 1. The molecule has 0 unspecified atom stereocenters. The Labute approximate surface area is 96.6 Å². The zero-order valence-corrected chi connectivity index (χ0v) is 9.12. The monoisotopic (exact) mass is 239 g/mol. The van der Waals surface area contributed by atoms with Gasteiger partial charge < -0.3 is 15.3 Å². The van der Waals surface area contributed by atoms with Gasteiger partial charge in [0.05, 0.1) is 5.69 Å². The highest BCUT2D eigenvalue weighted by atomic mass is 35.5. The molecule has 0 fully saturated rings. The normalized spacial score (nSPS) is 10.8. The van der Waals surface area contributed by atoms with Gasteiger partial charge in [-0.1, -0.05) is 12.1 Å². The SMILES string of the molecule is Nc1c(C(=O)O)oc2cccc(CCCl)c12. The molecular formula is C11H10ClNO3. The molecule has 0 atom stereocenters. The van der Waals surface area contributed by atoms with Crippen LogP contribution in [0.3, 0.4) is 0 Å². The van der Waals surface area contributed by atoms with Crippen LogP contribution in [0, 0.1) is 0 Å². The van der Waals surface area contributed by atoms with Crippen LogP contribution in [0.2, 0.25) is 0 Å². The van der Waals surface area contributed by atoms with E-state index in [0.717, 1.165) is 5.56 Å². The van der Waals surface area contributed by atoms with Gasteiger partial charge in [-0.25, -0.2) is 4.79 Å². The summed E-state index contributed by atoms with van der Waals surface area (Å²) in [5, 5.41) is 9.54. The summed E-state index contributed by atoms with van der Waals surface area (Å²) in [5.74, 6) is -0.922. The van der Waals surface area contributed by atoms with E-state index in [4.69, 9.17) is 26.9 Å². The van der Waals surface area contributed by atoms with Gasteiger partial charge in [0.1, 0.15) is 5.58 Å². The van der Waals surface area contributed by atoms with E-state index in [9.17, 15) is 4.79 Å². The fourth-order valence-electron chi connectivity index (χ4n) is 1.71. The number of anilines is 1. The number of hydrogen-bond acceptors (Lipinski definition) is 3. The molecule has 5 heteroatoms. The van der Waals surface area contributed by atoms with Crippen LogP contribution in [0.1, 0.15) is 16.1 Å². The molecule has 0 bridgehead atoms. The Morgan fingerprint density at radius 2 is 2.25 bits per heavy atom. The summed E-state index contributed by atoms with van der Waals surface area (Å²) >= 11 is 5.67. The molecule has 0 saturated carbocycles. The lowest BCUT2D eigenvalue weighted by Gasteiger charge is -1.99. The minimum absolute atomic E-state index is 0.170. The first-order valence-corrected chi connectivity index (χ1v) is 5.27. The molecule has 0 aliphatic carbocycles. The standard InChI is InChI=1S/C11H10ClNO3/c12-5-4-6-2-1-3-7-8(6)9(13)10(16-7)11(14)15/h1-3H,4-5,13H2,(H,14,15). The van der Waals surface area contributed by atoms with Crippen molar-refractivity contribution in [3.8, 4) is 0 Å². The zero-order chi connectivity index (χ0) is 11.7. The average Bonchev–Trinajstić information content (AvgIpc) is 2.58. The fraction of sp³-hybridized carbons (Fsp3) is 0.182. The number of aromatic carboxylic acids is 1. The molecule has 16 heavy (non-hydrogen) atoms. The van der Waals surface area contributed by atoms with E-state index in [2.05, 4.69) is 0 Å². The van der Waals surface area contributed by atoms with Crippen molar-refractivity contribution in [3.05, 3.63) is 29.5 Å². The number of carbonyl (C=O) groups is 1. The second-order valence-electron chi connectivity index (χ2n) is 3.38. The first kappa shape index (κ1) is 10.8. The third-order valence-corrected chi connectivity index (χ3v) is 2.59. The third-order valence-electron chi connectivity index (χ3n) is 2.40. The summed E-state index contributed by atoms with van der Waals surface area (Å²) < 4.78 is 5.18. The number of nitrogen functional groups attached to an aromatic ring is 1. The maximum atomic E-state index is 10.9. The number of fused-ring (bicyclic) bond motifs is 1. The molecule has 1 aromatic heterocycles. The van der Waals surface area contributed by atoms with Crippen molar-refractivity contribution < 1.29 is 14.3 Å². The number of carboxylic acid groups (broad SMARTS) is 1. The molecular weight excluding hydrogens is 230 g/mol. The molecule has 1 aromatic carbocycles. The molecule has 0 spiro atoms. The number of aryl methyl sites for hydroxylation is 1. The second-order valence-corrected chi connectivity index (χ2v) is 3.76. The van der Waals surface area contributed by atoms with Crippen molar-refractivity contribution in [2.75, 3.05) is 11.6 Å². The van der Waals surface area contributed by atoms with Crippen LogP contribution < -0.4 is 5.73 Å². The van der Waals surface area contributed by atoms with Gasteiger partial charge in [-0.3, -0.25) is 0 Å². The maximum absolute atomic E-state index is 10.9. The molecule has 0 aliphatic rings. The van der Waals surface area contributed by atoms with Crippen LogP contribution in [0.25, 0.3) is 11.0 Å². The van der Waals surface area contributed by atoms with Gasteiger partial charge in [-0.05, 0) is 18.1 Å². The van der Waals surface area contributed by atoms with Crippen LogP contribution in [0.15, 0.2) is 22.6 Å².